The average Bonchev–Trinajstić information content (AvgIpc) is 3.38. The second kappa shape index (κ2) is 9.60. The van der Waals surface area contributed by atoms with Crippen LogP contribution in [0.2, 0.25) is 0 Å². The second-order valence-electron chi connectivity index (χ2n) is 6.09. The maximum absolute atomic E-state index is 12.3. The van der Waals surface area contributed by atoms with Crippen LogP contribution < -0.4 is 16.4 Å². The Bertz CT molecular complexity index is 1000. The van der Waals surface area contributed by atoms with Gasteiger partial charge in [0.2, 0.25) is 23.5 Å². The summed E-state index contributed by atoms with van der Waals surface area (Å²) in [5.74, 6) is -0.356. The van der Waals surface area contributed by atoms with Crippen LogP contribution in [0.15, 0.2) is 45.6 Å². The summed E-state index contributed by atoms with van der Waals surface area (Å²) in [7, 11) is 0. The van der Waals surface area contributed by atoms with Gasteiger partial charge >= 0.3 is 0 Å². The van der Waals surface area contributed by atoms with Gasteiger partial charge in [-0.2, -0.15) is 16.3 Å². The molecule has 0 saturated carbocycles. The first-order chi connectivity index (χ1) is 14.0. The minimum absolute atomic E-state index is 0.0395. The van der Waals surface area contributed by atoms with E-state index in [2.05, 4.69) is 20.8 Å². The first kappa shape index (κ1) is 20.2. The van der Waals surface area contributed by atoms with Gasteiger partial charge in [-0.15, -0.1) is 0 Å². The SMILES string of the molecule is NC(=O)CCNC(=O)c1ccccc1NC(=O)CCc1nc(-c2ccsc2)no1. The lowest BCUT2D eigenvalue weighted by Gasteiger charge is -2.11. The van der Waals surface area contributed by atoms with Crippen molar-refractivity contribution in [2.75, 3.05) is 11.9 Å². The highest BCUT2D eigenvalue weighted by atomic mass is 32.1. The van der Waals surface area contributed by atoms with Gasteiger partial charge in [0.1, 0.15) is 0 Å². The number of carbonyl (C=O) groups excluding carboxylic acids is 3. The Morgan fingerprint density at radius 1 is 1.14 bits per heavy atom. The molecule has 0 radical (unpaired) electrons. The van der Waals surface area contributed by atoms with E-state index in [1.807, 2.05) is 16.8 Å². The number of amides is 3. The van der Waals surface area contributed by atoms with Gasteiger partial charge in [0.25, 0.3) is 5.91 Å². The summed E-state index contributed by atoms with van der Waals surface area (Å²) < 4.78 is 5.18. The number of primary amides is 1. The molecule has 3 rings (SSSR count). The zero-order valence-electron chi connectivity index (χ0n) is 15.4. The Morgan fingerprint density at radius 3 is 2.72 bits per heavy atom. The number of nitrogens with one attached hydrogen (secondary N) is 2. The van der Waals surface area contributed by atoms with E-state index in [1.165, 1.54) is 11.3 Å². The first-order valence-corrected chi connectivity index (χ1v) is 9.78. The van der Waals surface area contributed by atoms with Crippen LogP contribution in [0.25, 0.3) is 11.4 Å². The molecule has 10 heteroatoms. The highest BCUT2D eigenvalue weighted by Crippen LogP contribution is 2.19. The zero-order chi connectivity index (χ0) is 20.6. The molecule has 2 aromatic heterocycles. The molecule has 0 aliphatic heterocycles. The molecule has 150 valence electrons. The molecule has 0 aliphatic carbocycles. The quantitative estimate of drug-likeness (QED) is 0.490. The van der Waals surface area contributed by atoms with Gasteiger partial charge in [-0.25, -0.2) is 0 Å². The summed E-state index contributed by atoms with van der Waals surface area (Å²) in [5.41, 5.74) is 6.59. The van der Waals surface area contributed by atoms with E-state index in [9.17, 15) is 14.4 Å². The summed E-state index contributed by atoms with van der Waals surface area (Å²) in [4.78, 5) is 39.6. The fraction of sp³-hybridized carbons (Fsp3) is 0.211. The molecule has 1 aromatic carbocycles. The Balaban J connectivity index is 1.55. The Hall–Kier alpha value is -3.53. The molecule has 29 heavy (non-hydrogen) atoms. The van der Waals surface area contributed by atoms with Crippen molar-refractivity contribution in [3.05, 3.63) is 52.5 Å². The summed E-state index contributed by atoms with van der Waals surface area (Å²) in [6.45, 7) is 0.125. The molecule has 0 atom stereocenters. The third-order valence-electron chi connectivity index (χ3n) is 3.92. The smallest absolute Gasteiger partial charge is 0.253 e. The zero-order valence-corrected chi connectivity index (χ0v) is 16.2. The van der Waals surface area contributed by atoms with Crippen LogP contribution >= 0.6 is 11.3 Å². The molecule has 0 saturated heterocycles. The van der Waals surface area contributed by atoms with Crippen molar-refractivity contribution in [3.8, 4) is 11.4 Å². The fourth-order valence-electron chi connectivity index (χ4n) is 2.48. The number of benzene rings is 1. The number of rotatable bonds is 9. The van der Waals surface area contributed by atoms with Gasteiger partial charge in [-0.05, 0) is 23.6 Å². The third-order valence-corrected chi connectivity index (χ3v) is 4.60. The number of hydrogen-bond acceptors (Lipinski definition) is 7. The highest BCUT2D eigenvalue weighted by molar-refractivity contribution is 7.08. The van der Waals surface area contributed by atoms with Gasteiger partial charge in [0.05, 0.1) is 11.3 Å². The molecule has 3 aromatic rings. The summed E-state index contributed by atoms with van der Waals surface area (Å²) in [6, 6.07) is 8.49. The Labute approximate surface area is 170 Å². The van der Waals surface area contributed by atoms with E-state index < -0.39 is 11.8 Å². The maximum Gasteiger partial charge on any atom is 0.253 e. The first-order valence-electron chi connectivity index (χ1n) is 8.83. The lowest BCUT2D eigenvalue weighted by molar-refractivity contribution is -0.118. The van der Waals surface area contributed by atoms with Crippen molar-refractivity contribution in [1.29, 1.82) is 0 Å². The van der Waals surface area contributed by atoms with Gasteiger partial charge in [0.15, 0.2) is 0 Å². The van der Waals surface area contributed by atoms with Crippen molar-refractivity contribution in [2.24, 2.45) is 5.73 Å². The lowest BCUT2D eigenvalue weighted by Crippen LogP contribution is -2.28. The number of nitrogens with two attached hydrogens (primary N) is 1. The van der Waals surface area contributed by atoms with Crippen LogP contribution in [0.4, 0.5) is 5.69 Å². The second-order valence-corrected chi connectivity index (χ2v) is 6.87. The predicted octanol–water partition coefficient (Wildman–Crippen LogP) is 1.97. The monoisotopic (exact) mass is 413 g/mol. The van der Waals surface area contributed by atoms with E-state index in [0.717, 1.165) is 5.56 Å². The molecular weight excluding hydrogens is 394 g/mol. The maximum atomic E-state index is 12.3. The van der Waals surface area contributed by atoms with Crippen molar-refractivity contribution >= 4 is 34.7 Å². The van der Waals surface area contributed by atoms with Crippen molar-refractivity contribution in [2.45, 2.75) is 19.3 Å². The van der Waals surface area contributed by atoms with Crippen LogP contribution in [0, 0.1) is 0 Å². The molecule has 2 heterocycles. The fourth-order valence-corrected chi connectivity index (χ4v) is 3.12. The lowest BCUT2D eigenvalue weighted by atomic mass is 10.1. The van der Waals surface area contributed by atoms with Gasteiger partial charge < -0.3 is 20.9 Å². The van der Waals surface area contributed by atoms with Gasteiger partial charge in [0, 0.05) is 36.8 Å². The molecule has 9 nitrogen and oxygen atoms in total. The standard InChI is InChI=1S/C19H19N5O4S/c20-15(25)7-9-21-19(27)13-3-1-2-4-14(13)22-16(26)5-6-17-23-18(24-28-17)12-8-10-29-11-12/h1-4,8,10-11H,5-7,9H2,(H2,20,25)(H,21,27)(H,22,26). The minimum atomic E-state index is -0.505. The number of hydrogen-bond donors (Lipinski definition) is 3. The summed E-state index contributed by atoms with van der Waals surface area (Å²) in [5, 5.41) is 13.0. The number of aryl methyl sites for hydroxylation is 1. The van der Waals surface area contributed by atoms with Crippen LogP contribution in [0.5, 0.6) is 0 Å². The van der Waals surface area contributed by atoms with E-state index in [-0.39, 0.29) is 31.7 Å². The Kier molecular flexibility index (Phi) is 6.69. The van der Waals surface area contributed by atoms with Crippen LogP contribution in [0.3, 0.4) is 0 Å². The molecule has 0 aliphatic rings. The molecule has 3 amide bonds. The minimum Gasteiger partial charge on any atom is -0.370 e. The summed E-state index contributed by atoms with van der Waals surface area (Å²) in [6.07, 6.45) is 0.427. The normalized spacial score (nSPS) is 10.5. The average molecular weight is 413 g/mol. The number of nitrogens with zero attached hydrogens (tertiary/aromatic N) is 2. The van der Waals surface area contributed by atoms with Crippen LogP contribution in [-0.2, 0) is 16.0 Å². The van der Waals surface area contributed by atoms with E-state index in [1.54, 1.807) is 24.3 Å². The topological polar surface area (TPSA) is 140 Å². The summed E-state index contributed by atoms with van der Waals surface area (Å²) >= 11 is 1.53. The predicted molar refractivity (Wildman–Crippen MR) is 107 cm³/mol. The number of carbonyl (C=O) groups is 3. The van der Waals surface area contributed by atoms with E-state index in [0.29, 0.717) is 23.0 Å². The van der Waals surface area contributed by atoms with E-state index >= 15 is 0 Å². The largest absolute Gasteiger partial charge is 0.370 e. The van der Waals surface area contributed by atoms with E-state index in [4.69, 9.17) is 10.3 Å². The van der Waals surface area contributed by atoms with Crippen LogP contribution in [0.1, 0.15) is 29.1 Å². The number of para-hydroxylation sites is 1. The molecule has 0 unspecified atom stereocenters. The van der Waals surface area contributed by atoms with Crippen molar-refractivity contribution in [1.82, 2.24) is 15.5 Å². The third kappa shape index (κ3) is 5.72. The molecular formula is C19H19N5O4S. The molecule has 0 bridgehead atoms. The number of anilines is 1. The van der Waals surface area contributed by atoms with Crippen molar-refractivity contribution in [3.63, 3.8) is 0 Å². The van der Waals surface area contributed by atoms with Crippen LogP contribution in [-0.4, -0.2) is 34.4 Å². The number of aromatic nitrogens is 2. The Morgan fingerprint density at radius 2 is 1.97 bits per heavy atom. The number of thiophene rings is 1. The highest BCUT2D eigenvalue weighted by Gasteiger charge is 2.15. The van der Waals surface area contributed by atoms with Crippen molar-refractivity contribution < 1.29 is 18.9 Å². The molecule has 0 fully saturated rings. The molecule has 0 spiro atoms. The molecule has 4 N–H and O–H groups in total. The van der Waals surface area contributed by atoms with Gasteiger partial charge in [-0.3, -0.25) is 14.4 Å². The van der Waals surface area contributed by atoms with Gasteiger partial charge in [-0.1, -0.05) is 17.3 Å².